The first kappa shape index (κ1) is 12.3. The van der Waals surface area contributed by atoms with Crippen LogP contribution in [0.3, 0.4) is 0 Å². The lowest BCUT2D eigenvalue weighted by atomic mass is 10.2. The van der Waals surface area contributed by atoms with E-state index < -0.39 is 0 Å². The Labute approximate surface area is 110 Å². The van der Waals surface area contributed by atoms with E-state index in [9.17, 15) is 0 Å². The summed E-state index contributed by atoms with van der Waals surface area (Å²) in [5, 5.41) is 11.8. The second kappa shape index (κ2) is 5.02. The van der Waals surface area contributed by atoms with Crippen molar-refractivity contribution >= 4 is 22.8 Å². The molecule has 0 atom stereocenters. The molecule has 0 bridgehead atoms. The van der Waals surface area contributed by atoms with E-state index in [0.717, 1.165) is 10.7 Å². The molecular weight excluding hydrogens is 246 g/mol. The largest absolute Gasteiger partial charge is 0.396 e. The maximum absolute atomic E-state index is 8.76. The van der Waals surface area contributed by atoms with Crippen molar-refractivity contribution in [1.29, 1.82) is 5.26 Å². The molecule has 6 heteroatoms. The predicted octanol–water partition coefficient (Wildman–Crippen LogP) is 1.94. The highest BCUT2D eigenvalue weighted by Crippen LogP contribution is 2.21. The number of nitriles is 1. The third-order valence-electron chi connectivity index (χ3n) is 2.45. The molecule has 0 saturated heterocycles. The first-order chi connectivity index (χ1) is 8.60. The Morgan fingerprint density at radius 1 is 1.56 bits per heavy atom. The van der Waals surface area contributed by atoms with Gasteiger partial charge in [0.2, 0.25) is 0 Å². The monoisotopic (exact) mass is 259 g/mol. The quantitative estimate of drug-likeness (QED) is 0.911. The summed E-state index contributed by atoms with van der Waals surface area (Å²) in [5.41, 5.74) is 7.84. The fourth-order valence-corrected chi connectivity index (χ4v) is 2.26. The van der Waals surface area contributed by atoms with Crippen LogP contribution in [0, 0.1) is 18.3 Å². The van der Waals surface area contributed by atoms with Crippen LogP contribution in [0.25, 0.3) is 0 Å². The van der Waals surface area contributed by atoms with Crippen molar-refractivity contribution in [2.24, 2.45) is 0 Å². The van der Waals surface area contributed by atoms with E-state index in [2.05, 4.69) is 9.97 Å². The molecule has 0 fully saturated rings. The number of pyridine rings is 1. The Hall–Kier alpha value is -2.13. The van der Waals surface area contributed by atoms with Crippen LogP contribution in [0.4, 0.5) is 11.5 Å². The van der Waals surface area contributed by atoms with Gasteiger partial charge in [0, 0.05) is 18.6 Å². The summed E-state index contributed by atoms with van der Waals surface area (Å²) in [6.45, 7) is 2.62. The molecule has 5 nitrogen and oxygen atoms in total. The molecule has 92 valence electrons. The molecule has 2 N–H and O–H groups in total. The van der Waals surface area contributed by atoms with E-state index >= 15 is 0 Å². The number of hydrogen-bond donors (Lipinski definition) is 1. The Balaban J connectivity index is 2.19. The molecule has 0 saturated carbocycles. The smallest absolute Gasteiger partial charge is 0.151 e. The van der Waals surface area contributed by atoms with E-state index in [1.807, 2.05) is 30.3 Å². The van der Waals surface area contributed by atoms with Gasteiger partial charge in [0.25, 0.3) is 0 Å². The summed E-state index contributed by atoms with van der Waals surface area (Å²) < 4.78 is 0. The van der Waals surface area contributed by atoms with Crippen molar-refractivity contribution in [2.45, 2.75) is 13.5 Å². The standard InChI is InChI=1S/C12H13N5S/c1-8-16-10(7-18-8)6-17(2)12-11(14)3-9(4-13)5-15-12/h3,5,7H,6,14H2,1-2H3. The molecule has 0 spiro atoms. The van der Waals surface area contributed by atoms with Gasteiger partial charge in [0.15, 0.2) is 5.82 Å². The normalized spacial score (nSPS) is 10.1. The highest BCUT2D eigenvalue weighted by molar-refractivity contribution is 7.09. The Morgan fingerprint density at radius 2 is 2.33 bits per heavy atom. The minimum atomic E-state index is 0.467. The molecule has 2 aromatic heterocycles. The van der Waals surface area contributed by atoms with Gasteiger partial charge < -0.3 is 10.6 Å². The molecule has 0 aliphatic carbocycles. The van der Waals surface area contributed by atoms with Crippen LogP contribution in [0.15, 0.2) is 17.6 Å². The average molecular weight is 259 g/mol. The molecule has 0 aliphatic heterocycles. The van der Waals surface area contributed by atoms with Crippen LogP contribution in [-0.2, 0) is 6.54 Å². The number of rotatable bonds is 3. The van der Waals surface area contributed by atoms with Gasteiger partial charge in [-0.2, -0.15) is 5.26 Å². The van der Waals surface area contributed by atoms with Gasteiger partial charge in [-0.1, -0.05) is 0 Å². The van der Waals surface area contributed by atoms with E-state index in [4.69, 9.17) is 11.0 Å². The number of aromatic nitrogens is 2. The topological polar surface area (TPSA) is 78.8 Å². The Kier molecular flexibility index (Phi) is 3.44. The summed E-state index contributed by atoms with van der Waals surface area (Å²) in [6, 6.07) is 3.65. The number of thiazole rings is 1. The summed E-state index contributed by atoms with van der Waals surface area (Å²) in [5.74, 6) is 0.666. The van der Waals surface area contributed by atoms with Crippen LogP contribution >= 0.6 is 11.3 Å². The van der Waals surface area contributed by atoms with Crippen molar-refractivity contribution in [3.05, 3.63) is 33.9 Å². The van der Waals surface area contributed by atoms with Gasteiger partial charge >= 0.3 is 0 Å². The second-order valence-electron chi connectivity index (χ2n) is 3.96. The average Bonchev–Trinajstić information content (AvgIpc) is 2.74. The van der Waals surface area contributed by atoms with Crippen LogP contribution in [0.5, 0.6) is 0 Å². The lowest BCUT2D eigenvalue weighted by molar-refractivity contribution is 0.872. The molecule has 0 radical (unpaired) electrons. The molecule has 0 aliphatic rings. The highest BCUT2D eigenvalue weighted by Gasteiger charge is 2.10. The predicted molar refractivity (Wildman–Crippen MR) is 72.3 cm³/mol. The van der Waals surface area contributed by atoms with Gasteiger partial charge in [-0.15, -0.1) is 11.3 Å². The number of nitrogens with zero attached hydrogens (tertiary/aromatic N) is 4. The summed E-state index contributed by atoms with van der Waals surface area (Å²) in [6.07, 6.45) is 1.52. The van der Waals surface area contributed by atoms with Gasteiger partial charge in [0.1, 0.15) is 6.07 Å². The molecule has 2 rings (SSSR count). The second-order valence-corrected chi connectivity index (χ2v) is 5.02. The lowest BCUT2D eigenvalue weighted by Gasteiger charge is -2.18. The summed E-state index contributed by atoms with van der Waals surface area (Å²) >= 11 is 1.62. The van der Waals surface area contributed by atoms with Crippen molar-refractivity contribution in [3.8, 4) is 6.07 Å². The van der Waals surface area contributed by atoms with E-state index in [0.29, 0.717) is 23.6 Å². The van der Waals surface area contributed by atoms with Crippen LogP contribution in [-0.4, -0.2) is 17.0 Å². The van der Waals surface area contributed by atoms with Crippen LogP contribution in [0.1, 0.15) is 16.3 Å². The summed E-state index contributed by atoms with van der Waals surface area (Å²) in [4.78, 5) is 10.5. The van der Waals surface area contributed by atoms with E-state index in [-0.39, 0.29) is 0 Å². The fourth-order valence-electron chi connectivity index (χ4n) is 1.65. The molecule has 2 heterocycles. The number of hydrogen-bond acceptors (Lipinski definition) is 6. The maximum Gasteiger partial charge on any atom is 0.151 e. The zero-order chi connectivity index (χ0) is 13.1. The third kappa shape index (κ3) is 2.57. The van der Waals surface area contributed by atoms with Gasteiger partial charge in [-0.25, -0.2) is 9.97 Å². The number of nitrogen functional groups attached to an aromatic ring is 1. The Bertz CT molecular complexity index is 599. The SMILES string of the molecule is Cc1nc(CN(C)c2ncc(C#N)cc2N)cs1. The first-order valence-corrected chi connectivity index (χ1v) is 6.26. The third-order valence-corrected chi connectivity index (χ3v) is 3.27. The van der Waals surface area contributed by atoms with Crippen molar-refractivity contribution < 1.29 is 0 Å². The molecule has 0 amide bonds. The van der Waals surface area contributed by atoms with Crippen LogP contribution in [0.2, 0.25) is 0 Å². The first-order valence-electron chi connectivity index (χ1n) is 5.38. The number of nitrogens with two attached hydrogens (primary N) is 1. The molecule has 0 aromatic carbocycles. The number of aryl methyl sites for hydroxylation is 1. The van der Waals surface area contributed by atoms with Gasteiger partial charge in [0.05, 0.1) is 28.5 Å². The lowest BCUT2D eigenvalue weighted by Crippen LogP contribution is -2.19. The molecule has 2 aromatic rings. The molecule has 0 unspecified atom stereocenters. The minimum Gasteiger partial charge on any atom is -0.396 e. The highest BCUT2D eigenvalue weighted by atomic mass is 32.1. The fraction of sp³-hybridized carbons (Fsp3) is 0.250. The van der Waals surface area contributed by atoms with E-state index in [1.165, 1.54) is 6.20 Å². The van der Waals surface area contributed by atoms with Crippen LogP contribution < -0.4 is 10.6 Å². The van der Waals surface area contributed by atoms with Crippen molar-refractivity contribution in [2.75, 3.05) is 17.7 Å². The Morgan fingerprint density at radius 3 is 2.89 bits per heavy atom. The number of anilines is 2. The van der Waals surface area contributed by atoms with Gasteiger partial charge in [-0.05, 0) is 13.0 Å². The summed E-state index contributed by atoms with van der Waals surface area (Å²) in [7, 11) is 1.90. The molecule has 18 heavy (non-hydrogen) atoms. The minimum absolute atomic E-state index is 0.467. The van der Waals surface area contributed by atoms with Crippen molar-refractivity contribution in [3.63, 3.8) is 0 Å². The zero-order valence-electron chi connectivity index (χ0n) is 10.2. The van der Waals surface area contributed by atoms with Crippen molar-refractivity contribution in [1.82, 2.24) is 9.97 Å². The van der Waals surface area contributed by atoms with E-state index in [1.54, 1.807) is 17.4 Å². The maximum atomic E-state index is 8.76. The zero-order valence-corrected chi connectivity index (χ0v) is 11.0. The van der Waals surface area contributed by atoms with Gasteiger partial charge in [-0.3, -0.25) is 0 Å². The molecular formula is C12H13N5S.